The van der Waals surface area contributed by atoms with E-state index in [1.165, 1.54) is 0 Å². The first kappa shape index (κ1) is 24.1. The summed E-state index contributed by atoms with van der Waals surface area (Å²) in [6, 6.07) is 21.0. The summed E-state index contributed by atoms with van der Waals surface area (Å²) in [6.07, 6.45) is 3.53. The number of ether oxygens (including phenoxy) is 1. The Hall–Kier alpha value is -4.03. The van der Waals surface area contributed by atoms with Crippen LogP contribution in [0.25, 0.3) is 10.8 Å². The van der Waals surface area contributed by atoms with Crippen LogP contribution in [0, 0.1) is 13.8 Å². The van der Waals surface area contributed by atoms with E-state index >= 15 is 0 Å². The van der Waals surface area contributed by atoms with Crippen molar-refractivity contribution in [2.45, 2.75) is 26.4 Å². The Morgan fingerprint density at radius 1 is 0.943 bits per heavy atom. The Kier molecular flexibility index (Phi) is 7.53. The summed E-state index contributed by atoms with van der Waals surface area (Å²) < 4.78 is 5.51. The number of aryl methyl sites for hydroxylation is 2. The largest absolute Gasteiger partial charge is 0.457 e. The molecule has 0 saturated heterocycles. The summed E-state index contributed by atoms with van der Waals surface area (Å²) >= 11 is 0. The van der Waals surface area contributed by atoms with Crippen molar-refractivity contribution in [3.8, 4) is 0 Å². The number of anilines is 1. The Morgan fingerprint density at radius 2 is 1.74 bits per heavy atom. The molecule has 0 aliphatic heterocycles. The normalized spacial score (nSPS) is 11.7. The Bertz CT molecular complexity index is 1350. The van der Waals surface area contributed by atoms with Gasteiger partial charge in [0.2, 0.25) is 5.91 Å². The number of carbonyl (C=O) groups is 2. The lowest BCUT2D eigenvalue weighted by Crippen LogP contribution is -2.29. The molecule has 1 amide bonds. The fourth-order valence-electron chi connectivity index (χ4n) is 4.07. The van der Waals surface area contributed by atoms with Crippen LogP contribution < -0.4 is 10.6 Å². The summed E-state index contributed by atoms with van der Waals surface area (Å²) in [6.45, 7) is 4.55. The van der Waals surface area contributed by atoms with Crippen LogP contribution >= 0.6 is 0 Å². The van der Waals surface area contributed by atoms with E-state index in [0.717, 1.165) is 38.7 Å². The first-order chi connectivity index (χ1) is 16.9. The third-order valence-corrected chi connectivity index (χ3v) is 5.99. The molecule has 1 atom stereocenters. The molecule has 4 rings (SSSR count). The molecule has 0 unspecified atom stereocenters. The lowest BCUT2D eigenvalue weighted by Gasteiger charge is -2.18. The Morgan fingerprint density at radius 3 is 2.49 bits per heavy atom. The van der Waals surface area contributed by atoms with Crippen molar-refractivity contribution in [3.05, 3.63) is 107 Å². The lowest BCUT2D eigenvalue weighted by molar-refractivity contribution is -0.117. The van der Waals surface area contributed by atoms with Gasteiger partial charge >= 0.3 is 5.97 Å². The molecule has 178 valence electrons. The minimum atomic E-state index is -0.375. The molecule has 1 aromatic heterocycles. The average molecular weight is 468 g/mol. The number of nitrogens with zero attached hydrogens (tertiary/aromatic N) is 1. The fraction of sp³-hybridized carbons (Fsp3) is 0.207. The van der Waals surface area contributed by atoms with Crippen molar-refractivity contribution < 1.29 is 14.3 Å². The number of benzene rings is 3. The van der Waals surface area contributed by atoms with Crippen LogP contribution in [-0.2, 0) is 16.1 Å². The van der Waals surface area contributed by atoms with E-state index < -0.39 is 0 Å². The number of rotatable bonds is 8. The molecule has 35 heavy (non-hydrogen) atoms. The standard InChI is InChI=1S/C29H29N3O3/c1-19-4-11-26(20(2)14-19)29(34)35-18-21-5-7-22(8-6-21)27(17-30-3)28(33)32-25-10-9-24-16-31-13-12-23(24)15-25/h4-16,27,30H,17-18H2,1-3H3,(H,32,33)/t27-/m0/s1. The first-order valence-electron chi connectivity index (χ1n) is 11.6. The van der Waals surface area contributed by atoms with Crippen LogP contribution in [0.4, 0.5) is 5.69 Å². The van der Waals surface area contributed by atoms with Crippen LogP contribution in [0.1, 0.15) is 38.5 Å². The van der Waals surface area contributed by atoms with E-state index in [9.17, 15) is 9.59 Å². The maximum absolute atomic E-state index is 13.1. The summed E-state index contributed by atoms with van der Waals surface area (Å²) in [5.74, 6) is -0.813. The molecule has 1 heterocycles. The summed E-state index contributed by atoms with van der Waals surface area (Å²) in [7, 11) is 1.82. The van der Waals surface area contributed by atoms with Crippen molar-refractivity contribution in [3.63, 3.8) is 0 Å². The summed E-state index contributed by atoms with van der Waals surface area (Å²) in [5.41, 5.74) is 5.06. The van der Waals surface area contributed by atoms with Gasteiger partial charge in [-0.25, -0.2) is 4.79 Å². The van der Waals surface area contributed by atoms with Gasteiger partial charge in [0.15, 0.2) is 0 Å². The molecule has 0 spiro atoms. The number of fused-ring (bicyclic) bond motifs is 1. The SMILES string of the molecule is CNC[C@H](C(=O)Nc1ccc2cnccc2c1)c1ccc(COC(=O)c2ccc(C)cc2C)cc1. The first-order valence-corrected chi connectivity index (χ1v) is 11.6. The molecule has 6 heteroatoms. The van der Waals surface area contributed by atoms with Gasteiger partial charge in [0, 0.05) is 30.0 Å². The van der Waals surface area contributed by atoms with E-state index in [1.54, 1.807) is 18.5 Å². The Balaban J connectivity index is 1.42. The van der Waals surface area contributed by atoms with Crippen LogP contribution in [0.5, 0.6) is 0 Å². The number of hydrogen-bond donors (Lipinski definition) is 2. The van der Waals surface area contributed by atoms with Crippen LogP contribution in [-0.4, -0.2) is 30.5 Å². The minimum Gasteiger partial charge on any atom is -0.457 e. The molecule has 0 saturated carbocycles. The van der Waals surface area contributed by atoms with Crippen molar-refractivity contribution in [1.82, 2.24) is 10.3 Å². The maximum Gasteiger partial charge on any atom is 0.338 e. The zero-order valence-electron chi connectivity index (χ0n) is 20.2. The third-order valence-electron chi connectivity index (χ3n) is 5.99. The van der Waals surface area contributed by atoms with Gasteiger partial charge in [-0.2, -0.15) is 0 Å². The van der Waals surface area contributed by atoms with Gasteiger partial charge in [-0.1, -0.05) is 48.0 Å². The number of esters is 1. The van der Waals surface area contributed by atoms with Crippen LogP contribution in [0.3, 0.4) is 0 Å². The number of nitrogens with one attached hydrogen (secondary N) is 2. The average Bonchev–Trinajstić information content (AvgIpc) is 2.86. The lowest BCUT2D eigenvalue weighted by atomic mass is 9.96. The smallest absolute Gasteiger partial charge is 0.338 e. The van der Waals surface area contributed by atoms with Gasteiger partial charge in [-0.3, -0.25) is 9.78 Å². The zero-order valence-corrected chi connectivity index (χ0v) is 20.2. The molecule has 0 aliphatic carbocycles. The van der Waals surface area contributed by atoms with Crippen molar-refractivity contribution in [1.29, 1.82) is 0 Å². The summed E-state index contributed by atoms with van der Waals surface area (Å²) in [4.78, 5) is 29.7. The predicted octanol–water partition coefficient (Wildman–Crippen LogP) is 5.15. The molecule has 4 aromatic rings. The number of carbonyl (C=O) groups excluding carboxylic acids is 2. The molecular weight excluding hydrogens is 438 g/mol. The van der Waals surface area contributed by atoms with Crippen molar-refractivity contribution in [2.75, 3.05) is 18.9 Å². The maximum atomic E-state index is 13.1. The van der Waals surface area contributed by atoms with E-state index in [2.05, 4.69) is 15.6 Å². The Labute approximate surface area is 205 Å². The molecule has 2 N–H and O–H groups in total. The number of pyridine rings is 1. The highest BCUT2D eigenvalue weighted by atomic mass is 16.5. The van der Waals surface area contributed by atoms with Gasteiger partial charge in [0.25, 0.3) is 0 Å². The molecule has 0 fully saturated rings. The van der Waals surface area contributed by atoms with Crippen LogP contribution in [0.2, 0.25) is 0 Å². The second-order valence-electron chi connectivity index (χ2n) is 8.67. The van der Waals surface area contributed by atoms with E-state index in [1.807, 2.05) is 81.6 Å². The second kappa shape index (κ2) is 10.9. The van der Waals surface area contributed by atoms with E-state index in [0.29, 0.717) is 12.1 Å². The third kappa shape index (κ3) is 5.91. The van der Waals surface area contributed by atoms with Gasteiger partial charge in [-0.05, 0) is 67.2 Å². The van der Waals surface area contributed by atoms with Gasteiger partial charge < -0.3 is 15.4 Å². The highest BCUT2D eigenvalue weighted by Gasteiger charge is 2.20. The molecule has 3 aromatic carbocycles. The highest BCUT2D eigenvalue weighted by Crippen LogP contribution is 2.22. The van der Waals surface area contributed by atoms with E-state index in [4.69, 9.17) is 4.74 Å². The minimum absolute atomic E-state index is 0.0956. The second-order valence-corrected chi connectivity index (χ2v) is 8.67. The summed E-state index contributed by atoms with van der Waals surface area (Å²) in [5, 5.41) is 8.17. The van der Waals surface area contributed by atoms with Crippen molar-refractivity contribution in [2.24, 2.45) is 0 Å². The van der Waals surface area contributed by atoms with Gasteiger partial charge in [0.05, 0.1) is 11.5 Å². The van der Waals surface area contributed by atoms with Crippen LogP contribution in [0.15, 0.2) is 79.1 Å². The molecule has 6 nitrogen and oxygen atoms in total. The number of amides is 1. The number of likely N-dealkylation sites (N-methyl/N-ethyl adjacent to an activating group) is 1. The van der Waals surface area contributed by atoms with Gasteiger partial charge in [-0.15, -0.1) is 0 Å². The number of hydrogen-bond acceptors (Lipinski definition) is 5. The molecular formula is C29H29N3O3. The topological polar surface area (TPSA) is 80.3 Å². The monoisotopic (exact) mass is 467 g/mol. The van der Waals surface area contributed by atoms with E-state index in [-0.39, 0.29) is 24.4 Å². The predicted molar refractivity (Wildman–Crippen MR) is 139 cm³/mol. The molecule has 0 bridgehead atoms. The quantitative estimate of drug-likeness (QED) is 0.350. The van der Waals surface area contributed by atoms with Crippen molar-refractivity contribution >= 4 is 28.3 Å². The highest BCUT2D eigenvalue weighted by molar-refractivity contribution is 5.98. The fourth-order valence-corrected chi connectivity index (χ4v) is 4.07. The molecule has 0 radical (unpaired) electrons. The molecule has 0 aliphatic rings. The number of aromatic nitrogens is 1. The van der Waals surface area contributed by atoms with Gasteiger partial charge in [0.1, 0.15) is 6.61 Å². The zero-order chi connectivity index (χ0) is 24.8.